The molecule has 1 aliphatic heterocycles. The minimum atomic E-state index is -0.0174. The van der Waals surface area contributed by atoms with Crippen molar-refractivity contribution in [3.8, 4) is 0 Å². The molecule has 0 atom stereocenters. The Morgan fingerprint density at radius 3 is 2.35 bits per heavy atom. The van der Waals surface area contributed by atoms with Crippen molar-refractivity contribution < 1.29 is 9.59 Å². The topological polar surface area (TPSA) is 49.4 Å². The summed E-state index contributed by atoms with van der Waals surface area (Å²) in [7, 11) is 0. The smallest absolute Gasteiger partial charge is 0.255 e. The quantitative estimate of drug-likeness (QED) is 0.922. The minimum Gasteiger partial charge on any atom is -0.353 e. The molecule has 0 aromatic heterocycles. The number of carbonyl (C=O) groups excluding carboxylic acids is 2. The number of nitrogens with one attached hydrogen (secondary N) is 1. The molecule has 1 aromatic carbocycles. The largest absolute Gasteiger partial charge is 0.353 e. The van der Waals surface area contributed by atoms with Gasteiger partial charge in [0.1, 0.15) is 0 Å². The third-order valence-electron chi connectivity index (χ3n) is 4.96. The van der Waals surface area contributed by atoms with Crippen molar-refractivity contribution in [3.63, 3.8) is 0 Å². The van der Waals surface area contributed by atoms with Crippen LogP contribution in [0.2, 0.25) is 5.02 Å². The van der Waals surface area contributed by atoms with Gasteiger partial charge in [0.05, 0.1) is 10.6 Å². The fourth-order valence-electron chi connectivity index (χ4n) is 3.54. The first-order chi connectivity index (χ1) is 11.1. The number of rotatable bonds is 3. The molecule has 1 saturated heterocycles. The molecule has 1 heterocycles. The van der Waals surface area contributed by atoms with Crippen LogP contribution in [0.4, 0.5) is 0 Å². The van der Waals surface area contributed by atoms with Crippen LogP contribution in [0, 0.1) is 5.92 Å². The summed E-state index contributed by atoms with van der Waals surface area (Å²) >= 11 is 6.10. The number of piperidine rings is 1. The van der Waals surface area contributed by atoms with Crippen LogP contribution in [0.1, 0.15) is 48.9 Å². The van der Waals surface area contributed by atoms with Crippen LogP contribution in [0.25, 0.3) is 0 Å². The van der Waals surface area contributed by atoms with Crippen LogP contribution in [0.3, 0.4) is 0 Å². The van der Waals surface area contributed by atoms with Gasteiger partial charge in [-0.25, -0.2) is 0 Å². The van der Waals surface area contributed by atoms with E-state index in [0.29, 0.717) is 23.7 Å². The van der Waals surface area contributed by atoms with E-state index in [1.54, 1.807) is 12.1 Å². The predicted octanol–water partition coefficient (Wildman–Crippen LogP) is 3.25. The fourth-order valence-corrected chi connectivity index (χ4v) is 3.76. The summed E-state index contributed by atoms with van der Waals surface area (Å²) in [5, 5.41) is 3.66. The second-order valence-corrected chi connectivity index (χ2v) is 6.94. The van der Waals surface area contributed by atoms with Gasteiger partial charge in [-0.1, -0.05) is 36.6 Å². The van der Waals surface area contributed by atoms with Crippen LogP contribution in [0.15, 0.2) is 24.3 Å². The highest BCUT2D eigenvalue weighted by Gasteiger charge is 2.28. The van der Waals surface area contributed by atoms with Crippen molar-refractivity contribution in [2.24, 2.45) is 5.92 Å². The number of amides is 2. The molecule has 5 heteroatoms. The van der Waals surface area contributed by atoms with Gasteiger partial charge < -0.3 is 10.2 Å². The second kappa shape index (κ2) is 7.35. The first-order valence-corrected chi connectivity index (χ1v) is 8.87. The molecule has 0 unspecified atom stereocenters. The fraction of sp³-hybridized carbons (Fsp3) is 0.556. The summed E-state index contributed by atoms with van der Waals surface area (Å²) in [6, 6.07) is 7.35. The first-order valence-electron chi connectivity index (χ1n) is 8.49. The molecule has 1 aromatic rings. The first kappa shape index (κ1) is 16.3. The maximum atomic E-state index is 12.5. The molecule has 1 aliphatic carbocycles. The molecule has 0 spiro atoms. The van der Waals surface area contributed by atoms with Crippen LogP contribution in [-0.2, 0) is 4.79 Å². The van der Waals surface area contributed by atoms with Gasteiger partial charge in [-0.15, -0.1) is 0 Å². The third kappa shape index (κ3) is 3.86. The van der Waals surface area contributed by atoms with E-state index < -0.39 is 0 Å². The molecule has 0 radical (unpaired) electrons. The average molecular weight is 335 g/mol. The van der Waals surface area contributed by atoms with Crippen molar-refractivity contribution in [3.05, 3.63) is 34.9 Å². The summed E-state index contributed by atoms with van der Waals surface area (Å²) in [6.45, 7) is 1.33. The van der Waals surface area contributed by atoms with E-state index >= 15 is 0 Å². The van der Waals surface area contributed by atoms with Crippen molar-refractivity contribution in [2.45, 2.75) is 44.6 Å². The van der Waals surface area contributed by atoms with Crippen LogP contribution < -0.4 is 5.32 Å². The molecule has 3 rings (SSSR count). The lowest BCUT2D eigenvalue weighted by Gasteiger charge is -2.33. The summed E-state index contributed by atoms with van der Waals surface area (Å²) in [5.74, 6) is 0.396. The lowest BCUT2D eigenvalue weighted by Crippen LogP contribution is -2.47. The van der Waals surface area contributed by atoms with Gasteiger partial charge in [0, 0.05) is 25.0 Å². The van der Waals surface area contributed by atoms with E-state index in [1.165, 1.54) is 12.8 Å². The van der Waals surface area contributed by atoms with Gasteiger partial charge >= 0.3 is 0 Å². The third-order valence-corrected chi connectivity index (χ3v) is 5.29. The highest BCUT2D eigenvalue weighted by Crippen LogP contribution is 2.25. The summed E-state index contributed by atoms with van der Waals surface area (Å²) < 4.78 is 0. The number of halogens is 1. The average Bonchev–Trinajstić information content (AvgIpc) is 3.10. The molecule has 4 nitrogen and oxygen atoms in total. The Bertz CT molecular complexity index is 576. The number of likely N-dealkylation sites (tertiary alicyclic amines) is 1. The number of benzene rings is 1. The monoisotopic (exact) mass is 334 g/mol. The molecule has 2 amide bonds. The highest BCUT2D eigenvalue weighted by molar-refractivity contribution is 6.33. The second-order valence-electron chi connectivity index (χ2n) is 6.54. The lowest BCUT2D eigenvalue weighted by molar-refractivity contribution is -0.125. The van der Waals surface area contributed by atoms with Crippen molar-refractivity contribution in [1.29, 1.82) is 0 Å². The molecule has 0 bridgehead atoms. The number of nitrogens with zero attached hydrogens (tertiary/aromatic N) is 1. The molecular weight excluding hydrogens is 312 g/mol. The summed E-state index contributed by atoms with van der Waals surface area (Å²) in [4.78, 5) is 26.5. The Morgan fingerprint density at radius 2 is 1.70 bits per heavy atom. The molecule has 1 saturated carbocycles. The van der Waals surface area contributed by atoms with Gasteiger partial charge in [-0.05, 0) is 37.8 Å². The zero-order valence-electron chi connectivity index (χ0n) is 13.3. The molecule has 23 heavy (non-hydrogen) atoms. The van der Waals surface area contributed by atoms with E-state index in [9.17, 15) is 9.59 Å². The summed E-state index contributed by atoms with van der Waals surface area (Å²) in [6.07, 6.45) is 6.01. The number of hydrogen-bond acceptors (Lipinski definition) is 2. The summed E-state index contributed by atoms with van der Waals surface area (Å²) in [5.41, 5.74) is 0.558. The minimum absolute atomic E-state index is 0.0174. The standard InChI is InChI=1S/C18H23ClN2O2/c19-16-8-4-3-7-15(16)18(23)21-11-9-14(10-12-21)20-17(22)13-5-1-2-6-13/h3-4,7-8,13-14H,1-2,5-6,9-12H2,(H,20,22). The van der Waals surface area contributed by atoms with E-state index in [-0.39, 0.29) is 23.8 Å². The number of carbonyl (C=O) groups is 2. The van der Waals surface area contributed by atoms with E-state index in [0.717, 1.165) is 25.7 Å². The molecular formula is C18H23ClN2O2. The van der Waals surface area contributed by atoms with E-state index in [4.69, 9.17) is 11.6 Å². The highest BCUT2D eigenvalue weighted by atomic mass is 35.5. The van der Waals surface area contributed by atoms with Crippen LogP contribution in [0.5, 0.6) is 0 Å². The molecule has 124 valence electrons. The van der Waals surface area contributed by atoms with Gasteiger partial charge in [0.15, 0.2) is 0 Å². The maximum absolute atomic E-state index is 12.5. The zero-order chi connectivity index (χ0) is 16.2. The van der Waals surface area contributed by atoms with Gasteiger partial charge in [0.2, 0.25) is 5.91 Å². The Morgan fingerprint density at radius 1 is 1.04 bits per heavy atom. The lowest BCUT2D eigenvalue weighted by atomic mass is 10.0. The SMILES string of the molecule is O=C(NC1CCN(C(=O)c2ccccc2Cl)CC1)C1CCCC1. The normalized spacial score (nSPS) is 19.8. The van der Waals surface area contributed by atoms with Crippen molar-refractivity contribution >= 4 is 23.4 Å². The zero-order valence-corrected chi connectivity index (χ0v) is 14.0. The molecule has 1 N–H and O–H groups in total. The van der Waals surface area contributed by atoms with Crippen molar-refractivity contribution in [1.82, 2.24) is 10.2 Å². The Balaban J connectivity index is 1.51. The Kier molecular flexibility index (Phi) is 5.21. The predicted molar refractivity (Wildman–Crippen MR) is 90.5 cm³/mol. The van der Waals surface area contributed by atoms with Crippen LogP contribution >= 0.6 is 11.6 Å². The Labute approximate surface area is 142 Å². The van der Waals surface area contributed by atoms with Crippen LogP contribution in [-0.4, -0.2) is 35.8 Å². The van der Waals surface area contributed by atoms with Gasteiger partial charge in [-0.2, -0.15) is 0 Å². The molecule has 2 aliphatic rings. The van der Waals surface area contributed by atoms with Crippen molar-refractivity contribution in [2.75, 3.05) is 13.1 Å². The number of hydrogen-bond donors (Lipinski definition) is 1. The molecule has 2 fully saturated rings. The van der Waals surface area contributed by atoms with Gasteiger partial charge in [0.25, 0.3) is 5.91 Å². The Hall–Kier alpha value is -1.55. The van der Waals surface area contributed by atoms with E-state index in [2.05, 4.69) is 5.32 Å². The maximum Gasteiger partial charge on any atom is 0.255 e. The van der Waals surface area contributed by atoms with E-state index in [1.807, 2.05) is 17.0 Å². The van der Waals surface area contributed by atoms with Gasteiger partial charge in [-0.3, -0.25) is 9.59 Å².